The summed E-state index contributed by atoms with van der Waals surface area (Å²) in [6, 6.07) is 8.22. The Morgan fingerprint density at radius 1 is 1.38 bits per heavy atom. The molecule has 1 saturated carbocycles. The highest BCUT2D eigenvalue weighted by atomic mass is 16.4. The Kier molecular flexibility index (Phi) is 3.09. The van der Waals surface area contributed by atoms with Crippen LogP contribution in [-0.2, 0) is 11.2 Å². The molecule has 1 aliphatic rings. The zero-order valence-electron chi connectivity index (χ0n) is 9.44. The summed E-state index contributed by atoms with van der Waals surface area (Å²) in [7, 11) is 0. The molecule has 0 aromatic heterocycles. The Morgan fingerprint density at radius 2 is 2.00 bits per heavy atom. The van der Waals surface area contributed by atoms with Crippen LogP contribution in [0.4, 0.5) is 0 Å². The summed E-state index contributed by atoms with van der Waals surface area (Å²) in [5.74, 6) is -0.384. The molecule has 2 heteroatoms. The van der Waals surface area contributed by atoms with Crippen molar-refractivity contribution in [1.82, 2.24) is 0 Å². The van der Waals surface area contributed by atoms with Gasteiger partial charge in [0.1, 0.15) is 0 Å². The number of aliphatic carboxylic acids is 1. The Balaban J connectivity index is 2.28. The molecule has 1 aromatic carbocycles. The van der Waals surface area contributed by atoms with E-state index in [0.29, 0.717) is 5.92 Å². The molecule has 1 aromatic rings. The second kappa shape index (κ2) is 4.52. The molecule has 0 aliphatic heterocycles. The first-order chi connectivity index (χ1) is 7.70. The number of carboxylic acid groups (broad SMARTS) is 1. The molecule has 0 bridgehead atoms. The predicted octanol–water partition coefficient (Wildman–Crippen LogP) is 3.13. The molecule has 1 N–H and O–H groups in total. The number of carbonyl (C=O) groups is 1. The molecule has 0 unspecified atom stereocenters. The highest BCUT2D eigenvalue weighted by Crippen LogP contribution is 2.41. The molecule has 16 heavy (non-hydrogen) atoms. The molecule has 0 spiro atoms. The van der Waals surface area contributed by atoms with E-state index in [1.807, 2.05) is 12.1 Å². The van der Waals surface area contributed by atoms with Crippen molar-refractivity contribution in [2.75, 3.05) is 0 Å². The van der Waals surface area contributed by atoms with E-state index in [2.05, 4.69) is 19.1 Å². The minimum Gasteiger partial charge on any atom is -0.478 e. The Bertz CT molecular complexity index is 411. The second-order valence-corrected chi connectivity index (χ2v) is 4.26. The van der Waals surface area contributed by atoms with Crippen molar-refractivity contribution < 1.29 is 9.90 Å². The van der Waals surface area contributed by atoms with Gasteiger partial charge in [-0.15, -0.1) is 0 Å². The summed E-state index contributed by atoms with van der Waals surface area (Å²) in [5, 5.41) is 8.85. The van der Waals surface area contributed by atoms with Crippen LogP contribution < -0.4 is 0 Å². The lowest BCUT2D eigenvalue weighted by Crippen LogP contribution is -1.94. The van der Waals surface area contributed by atoms with Crippen LogP contribution in [0.5, 0.6) is 0 Å². The number of hydrogen-bond acceptors (Lipinski definition) is 1. The van der Waals surface area contributed by atoms with Crippen molar-refractivity contribution in [2.24, 2.45) is 5.92 Å². The molecule has 0 atom stereocenters. The first kappa shape index (κ1) is 10.9. The van der Waals surface area contributed by atoms with Crippen LogP contribution in [0.3, 0.4) is 0 Å². The van der Waals surface area contributed by atoms with E-state index in [0.717, 1.165) is 30.4 Å². The van der Waals surface area contributed by atoms with E-state index in [1.54, 1.807) is 0 Å². The summed E-state index contributed by atoms with van der Waals surface area (Å²) in [6.45, 7) is 2.11. The van der Waals surface area contributed by atoms with E-state index in [4.69, 9.17) is 5.11 Å². The lowest BCUT2D eigenvalue weighted by atomic mass is 9.99. The van der Waals surface area contributed by atoms with Crippen LogP contribution in [0.2, 0.25) is 0 Å². The van der Waals surface area contributed by atoms with Gasteiger partial charge in [0, 0.05) is 6.08 Å². The predicted molar refractivity (Wildman–Crippen MR) is 64.2 cm³/mol. The number of aryl methyl sites for hydroxylation is 1. The van der Waals surface area contributed by atoms with Crippen molar-refractivity contribution in [3.8, 4) is 0 Å². The van der Waals surface area contributed by atoms with E-state index < -0.39 is 5.97 Å². The molecule has 0 heterocycles. The minimum atomic E-state index is -0.846. The van der Waals surface area contributed by atoms with Crippen LogP contribution in [0.15, 0.2) is 30.3 Å². The van der Waals surface area contributed by atoms with E-state index in [9.17, 15) is 4.79 Å². The average Bonchev–Trinajstić information content (AvgIpc) is 3.10. The molecule has 0 radical (unpaired) electrons. The molecule has 84 valence electrons. The van der Waals surface area contributed by atoms with Gasteiger partial charge in [0.2, 0.25) is 0 Å². The van der Waals surface area contributed by atoms with Crippen molar-refractivity contribution in [3.05, 3.63) is 41.5 Å². The van der Waals surface area contributed by atoms with E-state index in [1.165, 1.54) is 11.6 Å². The number of carboxylic acids is 1. The number of hydrogen-bond donors (Lipinski definition) is 1. The number of allylic oxidation sites excluding steroid dienone is 1. The standard InChI is InChI=1S/C14H16O2/c1-2-10-3-5-11(6-4-10)13(9-14(15)16)12-7-8-12/h3-6,9,12H,2,7-8H2,1H3,(H,15,16)/b13-9-. The Hall–Kier alpha value is -1.57. The lowest BCUT2D eigenvalue weighted by molar-refractivity contribution is -0.131. The van der Waals surface area contributed by atoms with Crippen molar-refractivity contribution in [1.29, 1.82) is 0 Å². The van der Waals surface area contributed by atoms with Gasteiger partial charge < -0.3 is 5.11 Å². The van der Waals surface area contributed by atoms with Gasteiger partial charge in [0.15, 0.2) is 0 Å². The number of rotatable bonds is 4. The highest BCUT2D eigenvalue weighted by molar-refractivity contribution is 5.91. The van der Waals surface area contributed by atoms with E-state index >= 15 is 0 Å². The van der Waals surface area contributed by atoms with Gasteiger partial charge in [-0.25, -0.2) is 4.79 Å². The van der Waals surface area contributed by atoms with Gasteiger partial charge in [-0.05, 0) is 41.9 Å². The zero-order chi connectivity index (χ0) is 11.5. The van der Waals surface area contributed by atoms with Crippen LogP contribution in [0.25, 0.3) is 5.57 Å². The molecule has 1 aliphatic carbocycles. The topological polar surface area (TPSA) is 37.3 Å². The third-order valence-corrected chi connectivity index (χ3v) is 2.99. The van der Waals surface area contributed by atoms with Crippen molar-refractivity contribution in [3.63, 3.8) is 0 Å². The van der Waals surface area contributed by atoms with Crippen LogP contribution in [0, 0.1) is 5.92 Å². The zero-order valence-corrected chi connectivity index (χ0v) is 9.44. The van der Waals surface area contributed by atoms with Crippen molar-refractivity contribution >= 4 is 11.5 Å². The van der Waals surface area contributed by atoms with Crippen LogP contribution in [0.1, 0.15) is 30.9 Å². The average molecular weight is 216 g/mol. The van der Waals surface area contributed by atoms with Gasteiger partial charge in [0.25, 0.3) is 0 Å². The largest absolute Gasteiger partial charge is 0.478 e. The minimum absolute atomic E-state index is 0.462. The summed E-state index contributed by atoms with van der Waals surface area (Å²) in [5.41, 5.74) is 3.33. The van der Waals surface area contributed by atoms with Gasteiger partial charge in [-0.1, -0.05) is 31.2 Å². The van der Waals surface area contributed by atoms with Gasteiger partial charge >= 0.3 is 5.97 Å². The van der Waals surface area contributed by atoms with Gasteiger partial charge in [-0.3, -0.25) is 0 Å². The first-order valence-electron chi connectivity index (χ1n) is 5.74. The van der Waals surface area contributed by atoms with Gasteiger partial charge in [-0.2, -0.15) is 0 Å². The van der Waals surface area contributed by atoms with Crippen molar-refractivity contribution in [2.45, 2.75) is 26.2 Å². The molecule has 0 saturated heterocycles. The highest BCUT2D eigenvalue weighted by Gasteiger charge is 2.27. The molecule has 0 amide bonds. The Morgan fingerprint density at radius 3 is 2.44 bits per heavy atom. The fourth-order valence-corrected chi connectivity index (χ4v) is 1.90. The smallest absolute Gasteiger partial charge is 0.328 e. The first-order valence-corrected chi connectivity index (χ1v) is 5.74. The molecular weight excluding hydrogens is 200 g/mol. The maximum absolute atomic E-state index is 10.8. The number of benzene rings is 1. The Labute approximate surface area is 95.6 Å². The fraction of sp³-hybridized carbons (Fsp3) is 0.357. The summed E-state index contributed by atoms with van der Waals surface area (Å²) in [4.78, 5) is 10.8. The molecule has 2 rings (SSSR count). The third-order valence-electron chi connectivity index (χ3n) is 2.99. The second-order valence-electron chi connectivity index (χ2n) is 4.26. The third kappa shape index (κ3) is 2.51. The van der Waals surface area contributed by atoms with Crippen LogP contribution in [-0.4, -0.2) is 11.1 Å². The van der Waals surface area contributed by atoms with Gasteiger partial charge in [0.05, 0.1) is 0 Å². The summed E-state index contributed by atoms with van der Waals surface area (Å²) in [6.07, 6.45) is 4.61. The maximum atomic E-state index is 10.8. The molecule has 2 nitrogen and oxygen atoms in total. The lowest BCUT2D eigenvalue weighted by Gasteiger charge is -2.06. The summed E-state index contributed by atoms with van der Waals surface area (Å²) >= 11 is 0. The normalized spacial score (nSPS) is 16.2. The quantitative estimate of drug-likeness (QED) is 0.785. The molecule has 1 fully saturated rings. The van der Waals surface area contributed by atoms with E-state index in [-0.39, 0.29) is 0 Å². The van der Waals surface area contributed by atoms with Crippen LogP contribution >= 0.6 is 0 Å². The molecular formula is C14H16O2. The monoisotopic (exact) mass is 216 g/mol. The fourth-order valence-electron chi connectivity index (χ4n) is 1.90. The SMILES string of the molecule is CCc1ccc(/C(=C/C(=O)O)C2CC2)cc1. The maximum Gasteiger partial charge on any atom is 0.328 e. The summed E-state index contributed by atoms with van der Waals surface area (Å²) < 4.78 is 0.